The van der Waals surface area contributed by atoms with Crippen molar-refractivity contribution in [3.8, 4) is 10.4 Å². The molecule has 5 rings (SSSR count). The summed E-state index contributed by atoms with van der Waals surface area (Å²) in [4.78, 5) is 20.3. The van der Waals surface area contributed by atoms with E-state index < -0.39 is 0 Å². The van der Waals surface area contributed by atoms with Crippen LogP contribution in [-0.2, 0) is 4.79 Å². The first-order chi connectivity index (χ1) is 16.4. The number of pyridine rings is 1. The first-order valence-corrected chi connectivity index (χ1v) is 12.2. The van der Waals surface area contributed by atoms with Gasteiger partial charge in [0.05, 0.1) is 5.69 Å². The summed E-state index contributed by atoms with van der Waals surface area (Å²) in [7, 11) is 0. The van der Waals surface area contributed by atoms with E-state index in [1.54, 1.807) is 11.3 Å². The lowest BCUT2D eigenvalue weighted by Crippen LogP contribution is -2.43. The van der Waals surface area contributed by atoms with Gasteiger partial charge in [0, 0.05) is 46.5 Å². The maximum Gasteiger partial charge on any atom is 0.290 e. The van der Waals surface area contributed by atoms with E-state index in [0.717, 1.165) is 41.9 Å². The normalized spacial score (nSPS) is 14.3. The van der Waals surface area contributed by atoms with E-state index in [1.165, 1.54) is 21.7 Å². The van der Waals surface area contributed by atoms with Crippen molar-refractivity contribution in [2.75, 3.05) is 18.4 Å². The number of carboxylic acid groups (broad SMARTS) is 1. The van der Waals surface area contributed by atoms with Crippen molar-refractivity contribution in [2.45, 2.75) is 32.7 Å². The molecular formula is C27H30N4O2S. The molecule has 4 heterocycles. The highest BCUT2D eigenvalue weighted by molar-refractivity contribution is 7.13. The predicted octanol–water partition coefficient (Wildman–Crippen LogP) is 6.62. The molecule has 0 atom stereocenters. The van der Waals surface area contributed by atoms with Crippen molar-refractivity contribution in [1.82, 2.24) is 14.9 Å². The molecular weight excluding hydrogens is 444 g/mol. The van der Waals surface area contributed by atoms with E-state index in [4.69, 9.17) is 9.90 Å². The van der Waals surface area contributed by atoms with Crippen molar-refractivity contribution in [2.24, 2.45) is 0 Å². The Morgan fingerprint density at radius 3 is 2.68 bits per heavy atom. The van der Waals surface area contributed by atoms with Gasteiger partial charge in [-0.25, -0.2) is 4.98 Å². The van der Waals surface area contributed by atoms with Crippen LogP contribution in [-0.4, -0.2) is 45.1 Å². The molecule has 0 bridgehead atoms. The third-order valence-electron chi connectivity index (χ3n) is 5.98. The minimum Gasteiger partial charge on any atom is -0.483 e. The van der Waals surface area contributed by atoms with E-state index in [2.05, 4.69) is 94.9 Å². The summed E-state index contributed by atoms with van der Waals surface area (Å²) in [6, 6.07) is 17.1. The van der Waals surface area contributed by atoms with E-state index >= 15 is 0 Å². The number of nitrogens with one attached hydrogen (secondary N) is 2. The number of rotatable bonds is 4. The number of hydrogen-bond donors (Lipinski definition) is 3. The molecule has 3 aromatic heterocycles. The van der Waals surface area contributed by atoms with Gasteiger partial charge in [-0.05, 0) is 74.0 Å². The molecule has 0 aliphatic carbocycles. The topological polar surface area (TPSA) is 81.2 Å². The molecule has 0 spiro atoms. The smallest absolute Gasteiger partial charge is 0.290 e. The van der Waals surface area contributed by atoms with Crippen molar-refractivity contribution in [3.05, 3.63) is 71.9 Å². The standard InChI is InChI=1S/C26H28N4S.CH2O2/c1-26(2,3)30-13-10-18(11-14-30)23-17-21-22(9-12-27-25(21)29-23)28-20-7-4-6-19(16-20)24-8-5-15-31-24;2-1-3/h4-10,12,15-17H,11,13-14H2,1-3H3,(H2,27,28,29);1H,(H,2,3). The number of aromatic amines is 1. The average Bonchev–Trinajstić information content (AvgIpc) is 3.50. The van der Waals surface area contributed by atoms with Gasteiger partial charge in [-0.2, -0.15) is 0 Å². The van der Waals surface area contributed by atoms with Crippen LogP contribution < -0.4 is 5.32 Å². The summed E-state index contributed by atoms with van der Waals surface area (Å²) in [5.74, 6) is 0. The van der Waals surface area contributed by atoms with Gasteiger partial charge in [0.25, 0.3) is 6.47 Å². The highest BCUT2D eigenvalue weighted by atomic mass is 32.1. The number of fused-ring (bicyclic) bond motifs is 1. The van der Waals surface area contributed by atoms with Crippen molar-refractivity contribution >= 4 is 45.8 Å². The Balaban J connectivity index is 0.000000868. The number of benzene rings is 1. The van der Waals surface area contributed by atoms with Gasteiger partial charge in [-0.3, -0.25) is 9.69 Å². The maximum atomic E-state index is 8.36. The molecule has 1 aliphatic heterocycles. The van der Waals surface area contributed by atoms with Crippen LogP contribution in [0.25, 0.3) is 27.0 Å². The van der Waals surface area contributed by atoms with Crippen LogP contribution in [0.5, 0.6) is 0 Å². The van der Waals surface area contributed by atoms with Crippen LogP contribution in [0.3, 0.4) is 0 Å². The highest BCUT2D eigenvalue weighted by Crippen LogP contribution is 2.33. The van der Waals surface area contributed by atoms with Crippen molar-refractivity contribution < 1.29 is 9.90 Å². The maximum absolute atomic E-state index is 8.36. The van der Waals surface area contributed by atoms with Crippen LogP contribution in [0, 0.1) is 0 Å². The molecule has 0 saturated carbocycles. The van der Waals surface area contributed by atoms with E-state index in [1.807, 2.05) is 12.3 Å². The third kappa shape index (κ3) is 5.38. The van der Waals surface area contributed by atoms with Gasteiger partial charge in [0.2, 0.25) is 0 Å². The second-order valence-electron chi connectivity index (χ2n) is 9.19. The monoisotopic (exact) mass is 474 g/mol. The fraction of sp³-hybridized carbons (Fsp3) is 0.259. The first kappa shape index (κ1) is 23.7. The van der Waals surface area contributed by atoms with Crippen molar-refractivity contribution in [1.29, 1.82) is 0 Å². The van der Waals surface area contributed by atoms with E-state index in [-0.39, 0.29) is 12.0 Å². The molecule has 7 heteroatoms. The largest absolute Gasteiger partial charge is 0.483 e. The predicted molar refractivity (Wildman–Crippen MR) is 142 cm³/mol. The summed E-state index contributed by atoms with van der Waals surface area (Å²) in [6.07, 6.45) is 5.28. The first-order valence-electron chi connectivity index (χ1n) is 11.3. The highest BCUT2D eigenvalue weighted by Gasteiger charge is 2.24. The molecule has 6 nitrogen and oxygen atoms in total. The van der Waals surface area contributed by atoms with E-state index in [9.17, 15) is 0 Å². The summed E-state index contributed by atoms with van der Waals surface area (Å²) < 4.78 is 0. The number of anilines is 2. The zero-order valence-electron chi connectivity index (χ0n) is 19.7. The Bertz CT molecular complexity index is 1290. The van der Waals surface area contributed by atoms with Gasteiger partial charge in [0.15, 0.2) is 0 Å². The molecule has 1 aliphatic rings. The number of thiophene rings is 1. The molecule has 1 aromatic carbocycles. The van der Waals surface area contributed by atoms with Gasteiger partial charge in [-0.15, -0.1) is 11.3 Å². The zero-order valence-corrected chi connectivity index (χ0v) is 20.5. The van der Waals surface area contributed by atoms with Crippen LogP contribution in [0.15, 0.2) is 66.2 Å². The molecule has 0 fully saturated rings. The summed E-state index contributed by atoms with van der Waals surface area (Å²) in [5, 5.41) is 13.7. The number of carbonyl (C=O) groups is 1. The SMILES string of the molecule is CC(C)(C)N1CC=C(c2cc3c(Nc4cccc(-c5cccs5)c4)ccnc3[nH]2)CC1.O=CO. The van der Waals surface area contributed by atoms with E-state index in [0.29, 0.717) is 0 Å². The third-order valence-corrected chi connectivity index (χ3v) is 6.90. The lowest BCUT2D eigenvalue weighted by atomic mass is 9.99. The number of hydrogen-bond acceptors (Lipinski definition) is 5. The Hall–Kier alpha value is -3.42. The molecule has 0 saturated heterocycles. The Morgan fingerprint density at radius 2 is 2.00 bits per heavy atom. The van der Waals surface area contributed by atoms with Crippen molar-refractivity contribution in [3.63, 3.8) is 0 Å². The van der Waals surface area contributed by atoms with Crippen LogP contribution in [0.4, 0.5) is 11.4 Å². The van der Waals surface area contributed by atoms with Gasteiger partial charge < -0.3 is 15.4 Å². The van der Waals surface area contributed by atoms with Crippen LogP contribution in [0.1, 0.15) is 32.9 Å². The number of nitrogens with zero attached hydrogens (tertiary/aromatic N) is 2. The number of H-pyrrole nitrogens is 1. The minimum atomic E-state index is -0.250. The molecule has 0 unspecified atom stereocenters. The fourth-order valence-corrected chi connectivity index (χ4v) is 4.90. The molecule has 4 aromatic rings. The molecule has 0 radical (unpaired) electrons. The zero-order chi connectivity index (χ0) is 24.1. The van der Waals surface area contributed by atoms with Crippen LogP contribution in [0.2, 0.25) is 0 Å². The van der Waals surface area contributed by atoms with Gasteiger partial charge in [-0.1, -0.05) is 24.3 Å². The fourth-order valence-electron chi connectivity index (χ4n) is 4.18. The molecule has 34 heavy (non-hydrogen) atoms. The Kier molecular flexibility index (Phi) is 7.14. The van der Waals surface area contributed by atoms with Crippen LogP contribution >= 0.6 is 11.3 Å². The molecule has 3 N–H and O–H groups in total. The average molecular weight is 475 g/mol. The lowest BCUT2D eigenvalue weighted by Gasteiger charge is -2.37. The lowest BCUT2D eigenvalue weighted by molar-refractivity contribution is -0.122. The van der Waals surface area contributed by atoms with Gasteiger partial charge >= 0.3 is 0 Å². The Labute approximate surface area is 204 Å². The van der Waals surface area contributed by atoms with Gasteiger partial charge in [0.1, 0.15) is 5.65 Å². The molecule has 0 amide bonds. The minimum absolute atomic E-state index is 0.207. The summed E-state index contributed by atoms with van der Waals surface area (Å²) in [6.45, 7) is 8.67. The Morgan fingerprint density at radius 1 is 1.18 bits per heavy atom. The molecule has 176 valence electrons. The number of aromatic nitrogens is 2. The quantitative estimate of drug-likeness (QED) is 0.290. The second kappa shape index (κ2) is 10.2. The second-order valence-corrected chi connectivity index (χ2v) is 10.1. The summed E-state index contributed by atoms with van der Waals surface area (Å²) in [5.41, 5.74) is 7.08. The summed E-state index contributed by atoms with van der Waals surface area (Å²) >= 11 is 1.76.